The molecule has 0 fully saturated rings. The van der Waals surface area contributed by atoms with Crippen LogP contribution in [0.15, 0.2) is 72.3 Å². The summed E-state index contributed by atoms with van der Waals surface area (Å²) in [7, 11) is 0. The summed E-state index contributed by atoms with van der Waals surface area (Å²) in [6, 6.07) is 21.6. The highest BCUT2D eigenvalue weighted by Gasteiger charge is 2.14. The van der Waals surface area contributed by atoms with Gasteiger partial charge in [0.1, 0.15) is 11.6 Å². The van der Waals surface area contributed by atoms with E-state index in [0.717, 1.165) is 11.1 Å². The smallest absolute Gasteiger partial charge is 0.262 e. The summed E-state index contributed by atoms with van der Waals surface area (Å²) < 4.78 is 5.52. The van der Waals surface area contributed by atoms with E-state index in [4.69, 9.17) is 27.9 Å². The van der Waals surface area contributed by atoms with Gasteiger partial charge in [0.2, 0.25) is 0 Å². The number of nitrogens with one attached hydrogen (secondary N) is 2. The number of halogens is 2. The SMILES string of the molecule is Cc1ccccc1NC(=O)COc1c(Cl)cc(/C=C(\C#N)C(=O)NCc2ccccc2)cc1Cl. The van der Waals surface area contributed by atoms with E-state index in [1.54, 1.807) is 6.07 Å². The minimum Gasteiger partial charge on any atom is -0.481 e. The number of nitrogens with zero attached hydrogens (tertiary/aromatic N) is 1. The molecular weight excluding hydrogens is 473 g/mol. The number of hydrogen-bond acceptors (Lipinski definition) is 4. The van der Waals surface area contributed by atoms with Gasteiger partial charge in [-0.1, -0.05) is 71.7 Å². The lowest BCUT2D eigenvalue weighted by atomic mass is 10.1. The Morgan fingerprint density at radius 3 is 2.32 bits per heavy atom. The molecule has 3 aromatic rings. The molecule has 3 aromatic carbocycles. The molecule has 172 valence electrons. The normalized spacial score (nSPS) is 10.8. The average molecular weight is 494 g/mol. The Balaban J connectivity index is 1.65. The number of hydrogen-bond donors (Lipinski definition) is 2. The molecule has 0 saturated carbocycles. The number of para-hydroxylation sites is 1. The third-order valence-corrected chi connectivity index (χ3v) is 5.32. The lowest BCUT2D eigenvalue weighted by Crippen LogP contribution is -2.23. The van der Waals surface area contributed by atoms with Crippen molar-refractivity contribution in [2.24, 2.45) is 0 Å². The number of ether oxygens (including phenoxy) is 1. The lowest BCUT2D eigenvalue weighted by Gasteiger charge is -2.12. The summed E-state index contributed by atoms with van der Waals surface area (Å²) in [5.41, 5.74) is 2.85. The van der Waals surface area contributed by atoms with Crippen LogP contribution in [0.25, 0.3) is 6.08 Å². The van der Waals surface area contributed by atoms with Gasteiger partial charge >= 0.3 is 0 Å². The summed E-state index contributed by atoms with van der Waals surface area (Å²) in [6.45, 7) is 1.87. The van der Waals surface area contributed by atoms with Crippen LogP contribution >= 0.6 is 23.2 Å². The maximum atomic E-state index is 12.4. The van der Waals surface area contributed by atoms with E-state index in [9.17, 15) is 14.9 Å². The number of nitriles is 1. The van der Waals surface area contributed by atoms with Gasteiger partial charge in [0.05, 0.1) is 10.0 Å². The molecule has 34 heavy (non-hydrogen) atoms. The number of aryl methyl sites for hydroxylation is 1. The second-order valence-electron chi connectivity index (χ2n) is 7.30. The first-order valence-corrected chi connectivity index (χ1v) is 11.0. The summed E-state index contributed by atoms with van der Waals surface area (Å²) in [5, 5.41) is 15.2. The van der Waals surface area contributed by atoms with Gasteiger partial charge in [-0.2, -0.15) is 5.26 Å². The molecule has 0 spiro atoms. The summed E-state index contributed by atoms with van der Waals surface area (Å²) >= 11 is 12.6. The number of anilines is 1. The number of amides is 2. The summed E-state index contributed by atoms with van der Waals surface area (Å²) in [5.74, 6) is -0.758. The Labute approximate surface area is 207 Å². The Morgan fingerprint density at radius 1 is 1.03 bits per heavy atom. The van der Waals surface area contributed by atoms with Crippen LogP contribution in [0.3, 0.4) is 0 Å². The van der Waals surface area contributed by atoms with Crippen molar-refractivity contribution in [2.45, 2.75) is 13.5 Å². The molecule has 6 nitrogen and oxygen atoms in total. The lowest BCUT2D eigenvalue weighted by molar-refractivity contribution is -0.118. The zero-order chi connectivity index (χ0) is 24.5. The molecule has 2 amide bonds. The highest BCUT2D eigenvalue weighted by atomic mass is 35.5. The fourth-order valence-electron chi connectivity index (χ4n) is 3.03. The Bertz CT molecular complexity index is 1240. The van der Waals surface area contributed by atoms with Gasteiger partial charge in [-0.3, -0.25) is 9.59 Å². The van der Waals surface area contributed by atoms with Gasteiger partial charge < -0.3 is 15.4 Å². The van der Waals surface area contributed by atoms with Crippen LogP contribution in [0.4, 0.5) is 5.69 Å². The average Bonchev–Trinajstić information content (AvgIpc) is 2.82. The van der Waals surface area contributed by atoms with Crippen molar-refractivity contribution >= 4 is 46.8 Å². The fraction of sp³-hybridized carbons (Fsp3) is 0.115. The minimum absolute atomic E-state index is 0.102. The zero-order valence-electron chi connectivity index (χ0n) is 18.3. The molecular formula is C26H21Cl2N3O3. The molecule has 8 heteroatoms. The van der Waals surface area contributed by atoms with Gasteiger partial charge in [-0.25, -0.2) is 0 Å². The van der Waals surface area contributed by atoms with Crippen LogP contribution in [0.5, 0.6) is 5.75 Å². The molecule has 3 rings (SSSR count). The second-order valence-corrected chi connectivity index (χ2v) is 8.12. The maximum absolute atomic E-state index is 12.4. The molecule has 0 aliphatic carbocycles. The van der Waals surface area contributed by atoms with Gasteiger partial charge in [0.25, 0.3) is 11.8 Å². The highest BCUT2D eigenvalue weighted by Crippen LogP contribution is 2.35. The third-order valence-electron chi connectivity index (χ3n) is 4.76. The van der Waals surface area contributed by atoms with Crippen molar-refractivity contribution < 1.29 is 14.3 Å². The molecule has 0 bridgehead atoms. The van der Waals surface area contributed by atoms with Crippen LogP contribution < -0.4 is 15.4 Å². The zero-order valence-corrected chi connectivity index (χ0v) is 19.8. The van der Waals surface area contributed by atoms with Crippen molar-refractivity contribution in [2.75, 3.05) is 11.9 Å². The predicted octanol–water partition coefficient (Wildman–Crippen LogP) is 5.54. The first-order chi connectivity index (χ1) is 16.4. The van der Waals surface area contributed by atoms with Gasteiger partial charge in [0, 0.05) is 12.2 Å². The van der Waals surface area contributed by atoms with Crippen molar-refractivity contribution in [3.63, 3.8) is 0 Å². The Kier molecular flexibility index (Phi) is 8.69. The van der Waals surface area contributed by atoms with E-state index in [1.807, 2.05) is 61.5 Å². The molecule has 0 aliphatic rings. The summed E-state index contributed by atoms with van der Waals surface area (Å²) in [6.07, 6.45) is 1.38. The van der Waals surface area contributed by atoms with Crippen molar-refractivity contribution in [3.05, 3.63) is 99.0 Å². The van der Waals surface area contributed by atoms with Crippen molar-refractivity contribution in [1.82, 2.24) is 5.32 Å². The van der Waals surface area contributed by atoms with Crippen molar-refractivity contribution in [1.29, 1.82) is 5.26 Å². The van der Waals surface area contributed by atoms with Crippen molar-refractivity contribution in [3.8, 4) is 11.8 Å². The molecule has 0 unspecified atom stereocenters. The molecule has 0 radical (unpaired) electrons. The number of rotatable bonds is 8. The Morgan fingerprint density at radius 2 is 1.68 bits per heavy atom. The Hall–Kier alpha value is -3.79. The fourth-order valence-corrected chi connectivity index (χ4v) is 3.64. The van der Waals surface area contributed by atoms with Crippen LogP contribution in [-0.2, 0) is 16.1 Å². The van der Waals surface area contributed by atoms with E-state index in [-0.39, 0.29) is 40.4 Å². The standard InChI is InChI=1S/C26H21Cl2N3O3/c1-17-7-5-6-10-23(17)31-24(32)16-34-25-21(27)12-19(13-22(25)28)11-20(14-29)26(33)30-15-18-8-3-2-4-9-18/h2-13H,15-16H2,1H3,(H,30,33)(H,31,32)/b20-11+. The van der Waals surface area contributed by atoms with E-state index >= 15 is 0 Å². The topological polar surface area (TPSA) is 91.2 Å². The molecule has 0 atom stereocenters. The van der Waals surface area contributed by atoms with E-state index in [2.05, 4.69) is 10.6 Å². The van der Waals surface area contributed by atoms with Crippen LogP contribution in [0.2, 0.25) is 10.0 Å². The monoisotopic (exact) mass is 493 g/mol. The molecule has 0 saturated heterocycles. The largest absolute Gasteiger partial charge is 0.481 e. The number of carbonyl (C=O) groups is 2. The predicted molar refractivity (Wildman–Crippen MR) is 134 cm³/mol. The number of carbonyl (C=O) groups excluding carboxylic acids is 2. The maximum Gasteiger partial charge on any atom is 0.262 e. The van der Waals surface area contributed by atoms with E-state index in [1.165, 1.54) is 18.2 Å². The van der Waals surface area contributed by atoms with Gasteiger partial charge in [-0.15, -0.1) is 0 Å². The first kappa shape index (κ1) is 24.8. The quantitative estimate of drug-likeness (QED) is 0.318. The molecule has 0 aliphatic heterocycles. The first-order valence-electron chi connectivity index (χ1n) is 10.3. The molecule has 2 N–H and O–H groups in total. The summed E-state index contributed by atoms with van der Waals surface area (Å²) in [4.78, 5) is 24.6. The highest BCUT2D eigenvalue weighted by molar-refractivity contribution is 6.37. The van der Waals surface area contributed by atoms with Gasteiger partial charge in [-0.05, 0) is 47.9 Å². The second kappa shape index (κ2) is 11.9. The third kappa shape index (κ3) is 6.85. The number of benzene rings is 3. The molecule has 0 heterocycles. The van der Waals surface area contributed by atoms with Crippen LogP contribution in [-0.4, -0.2) is 18.4 Å². The van der Waals surface area contributed by atoms with Crippen LogP contribution in [0.1, 0.15) is 16.7 Å². The molecule has 0 aromatic heterocycles. The van der Waals surface area contributed by atoms with E-state index in [0.29, 0.717) is 11.3 Å². The van der Waals surface area contributed by atoms with Gasteiger partial charge in [0.15, 0.2) is 12.4 Å². The minimum atomic E-state index is -0.521. The van der Waals surface area contributed by atoms with Crippen LogP contribution in [0, 0.1) is 18.3 Å². The van der Waals surface area contributed by atoms with E-state index < -0.39 is 5.91 Å².